The van der Waals surface area contributed by atoms with Gasteiger partial charge in [0.25, 0.3) is 5.91 Å². The van der Waals surface area contributed by atoms with E-state index in [9.17, 15) is 9.18 Å². The molecule has 1 heterocycles. The number of benzene rings is 1. The molecule has 0 fully saturated rings. The Morgan fingerprint density at radius 2 is 2.30 bits per heavy atom. The van der Waals surface area contributed by atoms with Gasteiger partial charge in [0.1, 0.15) is 5.82 Å². The van der Waals surface area contributed by atoms with Crippen molar-refractivity contribution in [3.8, 4) is 0 Å². The molecule has 2 aromatic rings. The monoisotopic (exact) mass is 295 g/mol. The second kappa shape index (κ2) is 6.52. The van der Waals surface area contributed by atoms with Gasteiger partial charge in [0.2, 0.25) is 0 Å². The van der Waals surface area contributed by atoms with E-state index in [1.54, 1.807) is 6.20 Å². The molecule has 4 nitrogen and oxygen atoms in total. The molecule has 20 heavy (non-hydrogen) atoms. The van der Waals surface area contributed by atoms with Crippen LogP contribution in [0, 0.1) is 12.7 Å². The average Bonchev–Trinajstić information content (AvgIpc) is 2.80. The first-order valence-electron chi connectivity index (χ1n) is 6.30. The highest BCUT2D eigenvalue weighted by molar-refractivity contribution is 6.33. The van der Waals surface area contributed by atoms with Crippen LogP contribution in [0.1, 0.15) is 28.0 Å². The minimum absolute atomic E-state index is 0.103. The third-order valence-corrected chi connectivity index (χ3v) is 3.35. The van der Waals surface area contributed by atoms with Gasteiger partial charge >= 0.3 is 0 Å². The molecule has 1 aromatic carbocycles. The molecule has 106 valence electrons. The zero-order valence-corrected chi connectivity index (χ0v) is 11.8. The molecule has 0 atom stereocenters. The maximum absolute atomic E-state index is 13.5. The molecule has 0 bridgehead atoms. The number of carbonyl (C=O) groups is 1. The quantitative estimate of drug-likeness (QED) is 0.833. The van der Waals surface area contributed by atoms with E-state index in [-0.39, 0.29) is 10.6 Å². The summed E-state index contributed by atoms with van der Waals surface area (Å²) in [5.41, 5.74) is 2.03. The lowest BCUT2D eigenvalue weighted by molar-refractivity contribution is 0.0949. The highest BCUT2D eigenvalue weighted by atomic mass is 35.5. The Labute approximate surface area is 121 Å². The number of hydrogen-bond donors (Lipinski definition) is 2. The van der Waals surface area contributed by atoms with Crippen molar-refractivity contribution < 1.29 is 9.18 Å². The third kappa shape index (κ3) is 3.36. The number of halogens is 2. The van der Waals surface area contributed by atoms with Gasteiger partial charge in [-0.3, -0.25) is 9.89 Å². The fourth-order valence-corrected chi connectivity index (χ4v) is 2.16. The van der Waals surface area contributed by atoms with E-state index < -0.39 is 11.7 Å². The van der Waals surface area contributed by atoms with Crippen LogP contribution >= 0.6 is 11.6 Å². The molecule has 0 saturated heterocycles. The van der Waals surface area contributed by atoms with Gasteiger partial charge in [-0.25, -0.2) is 4.39 Å². The van der Waals surface area contributed by atoms with Crippen LogP contribution in [-0.4, -0.2) is 22.6 Å². The summed E-state index contributed by atoms with van der Waals surface area (Å²) in [7, 11) is 0. The second-order valence-corrected chi connectivity index (χ2v) is 4.88. The van der Waals surface area contributed by atoms with E-state index in [0.717, 1.165) is 24.1 Å². The molecule has 0 spiro atoms. The Balaban J connectivity index is 1.85. The van der Waals surface area contributed by atoms with Gasteiger partial charge in [-0.05, 0) is 37.5 Å². The Morgan fingerprint density at radius 3 is 2.95 bits per heavy atom. The van der Waals surface area contributed by atoms with E-state index in [4.69, 9.17) is 11.6 Å². The van der Waals surface area contributed by atoms with E-state index in [1.807, 2.05) is 6.92 Å². The summed E-state index contributed by atoms with van der Waals surface area (Å²) in [4.78, 5) is 11.9. The first-order chi connectivity index (χ1) is 9.59. The molecular formula is C14H15ClFN3O. The van der Waals surface area contributed by atoms with Crippen molar-refractivity contribution in [3.05, 3.63) is 52.1 Å². The van der Waals surface area contributed by atoms with Crippen LogP contribution < -0.4 is 5.32 Å². The Morgan fingerprint density at radius 1 is 1.50 bits per heavy atom. The first-order valence-corrected chi connectivity index (χ1v) is 6.68. The molecule has 0 aliphatic carbocycles. The van der Waals surface area contributed by atoms with Gasteiger partial charge < -0.3 is 5.32 Å². The van der Waals surface area contributed by atoms with Gasteiger partial charge in [0.05, 0.1) is 16.8 Å². The molecule has 1 amide bonds. The second-order valence-electron chi connectivity index (χ2n) is 4.48. The number of carbonyl (C=O) groups excluding carboxylic acids is 1. The summed E-state index contributed by atoms with van der Waals surface area (Å²) < 4.78 is 13.5. The SMILES string of the molecule is Cc1[nH]ncc1CCCNC(=O)c1c(F)cccc1Cl. The lowest BCUT2D eigenvalue weighted by Gasteiger charge is -2.07. The van der Waals surface area contributed by atoms with Crippen LogP contribution in [0.3, 0.4) is 0 Å². The number of nitrogens with zero attached hydrogens (tertiary/aromatic N) is 1. The summed E-state index contributed by atoms with van der Waals surface area (Å²) in [5, 5.41) is 9.57. The molecule has 1 aromatic heterocycles. The van der Waals surface area contributed by atoms with Crippen molar-refractivity contribution in [2.45, 2.75) is 19.8 Å². The first kappa shape index (κ1) is 14.5. The molecule has 0 radical (unpaired) electrons. The number of H-pyrrole nitrogens is 1. The molecule has 6 heteroatoms. The van der Waals surface area contributed by atoms with Gasteiger partial charge in [-0.1, -0.05) is 17.7 Å². The van der Waals surface area contributed by atoms with Crippen LogP contribution in [-0.2, 0) is 6.42 Å². The number of hydrogen-bond acceptors (Lipinski definition) is 2. The third-order valence-electron chi connectivity index (χ3n) is 3.03. The normalized spacial score (nSPS) is 10.6. The highest BCUT2D eigenvalue weighted by Gasteiger charge is 2.14. The standard InChI is InChI=1S/C14H15ClFN3O/c1-9-10(8-18-19-9)4-3-7-17-14(20)13-11(15)5-2-6-12(13)16/h2,5-6,8H,3-4,7H2,1H3,(H,17,20)(H,18,19). The fourth-order valence-electron chi connectivity index (χ4n) is 1.91. The number of aryl methyl sites for hydroxylation is 2. The van der Waals surface area contributed by atoms with E-state index in [1.165, 1.54) is 18.2 Å². The molecule has 0 aliphatic heterocycles. The summed E-state index contributed by atoms with van der Waals surface area (Å²) in [6, 6.07) is 4.18. The van der Waals surface area contributed by atoms with Crippen LogP contribution in [0.4, 0.5) is 4.39 Å². The predicted molar refractivity (Wildman–Crippen MR) is 75.4 cm³/mol. The van der Waals surface area contributed by atoms with Crippen LogP contribution in [0.15, 0.2) is 24.4 Å². The van der Waals surface area contributed by atoms with Crippen molar-refractivity contribution >= 4 is 17.5 Å². The number of aromatic nitrogens is 2. The van der Waals surface area contributed by atoms with Gasteiger partial charge in [0, 0.05) is 12.2 Å². The van der Waals surface area contributed by atoms with Crippen molar-refractivity contribution in [2.75, 3.05) is 6.54 Å². The number of amides is 1. The van der Waals surface area contributed by atoms with Gasteiger partial charge in [0.15, 0.2) is 0 Å². The summed E-state index contributed by atoms with van der Waals surface area (Å²) in [5.74, 6) is -1.10. The molecule has 0 unspecified atom stereocenters. The molecule has 2 rings (SSSR count). The van der Waals surface area contributed by atoms with E-state index in [0.29, 0.717) is 6.54 Å². The van der Waals surface area contributed by atoms with Crippen molar-refractivity contribution in [2.24, 2.45) is 0 Å². The van der Waals surface area contributed by atoms with E-state index in [2.05, 4.69) is 15.5 Å². The van der Waals surface area contributed by atoms with Crippen LogP contribution in [0.2, 0.25) is 5.02 Å². The van der Waals surface area contributed by atoms with Crippen molar-refractivity contribution in [1.82, 2.24) is 15.5 Å². The minimum Gasteiger partial charge on any atom is -0.352 e. The van der Waals surface area contributed by atoms with Crippen molar-refractivity contribution in [1.29, 1.82) is 0 Å². The Bertz CT molecular complexity index is 592. The fraction of sp³-hybridized carbons (Fsp3) is 0.286. The smallest absolute Gasteiger partial charge is 0.255 e. The van der Waals surface area contributed by atoms with Crippen molar-refractivity contribution in [3.63, 3.8) is 0 Å². The summed E-state index contributed by atoms with van der Waals surface area (Å²) >= 11 is 5.83. The summed E-state index contributed by atoms with van der Waals surface area (Å²) in [6.07, 6.45) is 3.32. The van der Waals surface area contributed by atoms with Gasteiger partial charge in [-0.2, -0.15) is 5.10 Å². The van der Waals surface area contributed by atoms with Gasteiger partial charge in [-0.15, -0.1) is 0 Å². The lowest BCUT2D eigenvalue weighted by Crippen LogP contribution is -2.26. The zero-order valence-electron chi connectivity index (χ0n) is 11.0. The Hall–Kier alpha value is -1.88. The van der Waals surface area contributed by atoms with Crippen LogP contribution in [0.5, 0.6) is 0 Å². The zero-order chi connectivity index (χ0) is 14.5. The number of rotatable bonds is 5. The van der Waals surface area contributed by atoms with Crippen LogP contribution in [0.25, 0.3) is 0 Å². The molecule has 0 saturated carbocycles. The lowest BCUT2D eigenvalue weighted by atomic mass is 10.1. The highest BCUT2D eigenvalue weighted by Crippen LogP contribution is 2.18. The topological polar surface area (TPSA) is 57.8 Å². The molecule has 2 N–H and O–H groups in total. The maximum Gasteiger partial charge on any atom is 0.255 e. The maximum atomic E-state index is 13.5. The molecule has 0 aliphatic rings. The average molecular weight is 296 g/mol. The number of aromatic amines is 1. The largest absolute Gasteiger partial charge is 0.352 e. The minimum atomic E-state index is -0.610. The predicted octanol–water partition coefficient (Wildman–Crippen LogP) is 2.87. The van der Waals surface area contributed by atoms with E-state index >= 15 is 0 Å². The Kier molecular flexibility index (Phi) is 4.74. The summed E-state index contributed by atoms with van der Waals surface area (Å²) in [6.45, 7) is 2.40. The number of nitrogens with one attached hydrogen (secondary N) is 2. The molecular weight excluding hydrogens is 281 g/mol.